The summed E-state index contributed by atoms with van der Waals surface area (Å²) in [5.41, 5.74) is 1.49. The first-order chi connectivity index (χ1) is 12.4. The molecule has 2 aromatic carbocycles. The second kappa shape index (κ2) is 9.48. The van der Waals surface area contributed by atoms with E-state index in [0.717, 1.165) is 11.3 Å². The van der Waals surface area contributed by atoms with Crippen LogP contribution >= 0.6 is 15.9 Å². The molecule has 140 valence electrons. The van der Waals surface area contributed by atoms with Crippen molar-refractivity contribution in [3.8, 4) is 17.2 Å². The molecule has 0 radical (unpaired) electrons. The van der Waals surface area contributed by atoms with E-state index < -0.39 is 0 Å². The van der Waals surface area contributed by atoms with Crippen LogP contribution in [0.2, 0.25) is 0 Å². The summed E-state index contributed by atoms with van der Waals surface area (Å²) in [4.78, 5) is 12.5. The fraction of sp³-hybridized carbons (Fsp3) is 0.350. The zero-order chi connectivity index (χ0) is 19.1. The summed E-state index contributed by atoms with van der Waals surface area (Å²) in [6.45, 7) is 6.80. The Labute approximate surface area is 162 Å². The molecular weight excluding hydrogens is 398 g/mol. The summed E-state index contributed by atoms with van der Waals surface area (Å²) < 4.78 is 17.2. The van der Waals surface area contributed by atoms with Gasteiger partial charge in [0.1, 0.15) is 5.75 Å². The molecule has 0 saturated heterocycles. The number of amides is 1. The van der Waals surface area contributed by atoms with Gasteiger partial charge in [-0.3, -0.25) is 4.79 Å². The molecule has 26 heavy (non-hydrogen) atoms. The molecule has 5 nitrogen and oxygen atoms in total. The number of nitrogens with one attached hydrogen (secondary N) is 1. The van der Waals surface area contributed by atoms with Crippen molar-refractivity contribution in [2.75, 3.05) is 13.7 Å². The molecule has 1 amide bonds. The minimum atomic E-state index is -0.186. The van der Waals surface area contributed by atoms with Crippen LogP contribution in [0.4, 0.5) is 0 Å². The zero-order valence-corrected chi connectivity index (χ0v) is 17.1. The van der Waals surface area contributed by atoms with Crippen molar-refractivity contribution >= 4 is 21.8 Å². The van der Waals surface area contributed by atoms with Crippen LogP contribution in [-0.4, -0.2) is 25.7 Å². The van der Waals surface area contributed by atoms with E-state index in [0.29, 0.717) is 34.7 Å². The number of methoxy groups -OCH3 is 1. The average molecular weight is 422 g/mol. The molecule has 0 aliphatic heterocycles. The third-order valence-electron chi connectivity index (χ3n) is 3.53. The van der Waals surface area contributed by atoms with Gasteiger partial charge >= 0.3 is 0 Å². The lowest BCUT2D eigenvalue weighted by Crippen LogP contribution is -2.23. The van der Waals surface area contributed by atoms with E-state index in [-0.39, 0.29) is 12.0 Å². The Kier molecular flexibility index (Phi) is 7.33. The van der Waals surface area contributed by atoms with Gasteiger partial charge in [-0.1, -0.05) is 12.1 Å². The highest BCUT2D eigenvalue weighted by Crippen LogP contribution is 2.36. The number of hydrogen-bond acceptors (Lipinski definition) is 4. The van der Waals surface area contributed by atoms with E-state index in [1.165, 1.54) is 0 Å². The summed E-state index contributed by atoms with van der Waals surface area (Å²) in [5, 5.41) is 2.91. The van der Waals surface area contributed by atoms with Gasteiger partial charge in [0.05, 0.1) is 24.3 Å². The first-order valence-electron chi connectivity index (χ1n) is 8.48. The Morgan fingerprint density at radius 2 is 1.88 bits per heavy atom. The van der Waals surface area contributed by atoms with Crippen LogP contribution in [0.5, 0.6) is 17.2 Å². The van der Waals surface area contributed by atoms with Crippen molar-refractivity contribution in [1.29, 1.82) is 0 Å². The maximum atomic E-state index is 12.5. The van der Waals surface area contributed by atoms with Crippen LogP contribution in [0.1, 0.15) is 36.7 Å². The molecule has 0 unspecified atom stereocenters. The van der Waals surface area contributed by atoms with E-state index in [1.807, 2.05) is 45.0 Å². The highest BCUT2D eigenvalue weighted by atomic mass is 79.9. The second-order valence-corrected chi connectivity index (χ2v) is 6.77. The topological polar surface area (TPSA) is 56.8 Å². The molecule has 0 heterocycles. The summed E-state index contributed by atoms with van der Waals surface area (Å²) in [5.74, 6) is 1.73. The minimum Gasteiger partial charge on any atom is -0.493 e. The molecule has 0 bridgehead atoms. The average Bonchev–Trinajstić information content (AvgIpc) is 2.62. The first-order valence-corrected chi connectivity index (χ1v) is 9.28. The van der Waals surface area contributed by atoms with E-state index in [1.54, 1.807) is 19.2 Å². The number of carbonyl (C=O) groups is 1. The van der Waals surface area contributed by atoms with Gasteiger partial charge in [-0.25, -0.2) is 0 Å². The first kappa shape index (κ1) is 20.1. The lowest BCUT2D eigenvalue weighted by Gasteiger charge is -2.13. The number of rotatable bonds is 8. The summed E-state index contributed by atoms with van der Waals surface area (Å²) >= 11 is 3.43. The van der Waals surface area contributed by atoms with E-state index in [9.17, 15) is 4.79 Å². The number of ether oxygens (including phenoxy) is 3. The van der Waals surface area contributed by atoms with E-state index in [4.69, 9.17) is 14.2 Å². The number of benzene rings is 2. The summed E-state index contributed by atoms with van der Waals surface area (Å²) in [7, 11) is 1.55. The molecular formula is C20H24BrNO4. The Morgan fingerprint density at radius 1 is 1.19 bits per heavy atom. The highest BCUT2D eigenvalue weighted by Gasteiger charge is 2.15. The molecule has 0 spiro atoms. The highest BCUT2D eigenvalue weighted by molar-refractivity contribution is 9.10. The number of halogens is 1. The largest absolute Gasteiger partial charge is 0.493 e. The van der Waals surface area contributed by atoms with Crippen molar-refractivity contribution in [3.05, 3.63) is 52.0 Å². The molecule has 2 rings (SSSR count). The maximum absolute atomic E-state index is 12.5. The van der Waals surface area contributed by atoms with Crippen LogP contribution in [0.25, 0.3) is 0 Å². The fourth-order valence-corrected chi connectivity index (χ4v) is 2.93. The lowest BCUT2D eigenvalue weighted by atomic mass is 10.1. The monoisotopic (exact) mass is 421 g/mol. The van der Waals surface area contributed by atoms with Gasteiger partial charge in [0.25, 0.3) is 5.91 Å². The Bertz CT molecular complexity index is 744. The second-order valence-electron chi connectivity index (χ2n) is 5.92. The Hall–Kier alpha value is -2.21. The van der Waals surface area contributed by atoms with Gasteiger partial charge in [0, 0.05) is 12.1 Å². The van der Waals surface area contributed by atoms with Crippen LogP contribution in [0.3, 0.4) is 0 Å². The molecule has 0 aliphatic rings. The van der Waals surface area contributed by atoms with E-state index >= 15 is 0 Å². The Morgan fingerprint density at radius 3 is 2.46 bits per heavy atom. The minimum absolute atomic E-state index is 0.133. The lowest BCUT2D eigenvalue weighted by molar-refractivity contribution is 0.0950. The third-order valence-corrected chi connectivity index (χ3v) is 4.12. The molecule has 0 fully saturated rings. The predicted octanol–water partition coefficient (Wildman–Crippen LogP) is 4.57. The van der Waals surface area contributed by atoms with Gasteiger partial charge in [-0.2, -0.15) is 0 Å². The van der Waals surface area contributed by atoms with Gasteiger partial charge in [-0.05, 0) is 66.5 Å². The van der Waals surface area contributed by atoms with Crippen LogP contribution in [-0.2, 0) is 6.54 Å². The van der Waals surface area contributed by atoms with E-state index in [2.05, 4.69) is 21.2 Å². The maximum Gasteiger partial charge on any atom is 0.251 e. The van der Waals surface area contributed by atoms with Gasteiger partial charge < -0.3 is 19.5 Å². The van der Waals surface area contributed by atoms with Crippen molar-refractivity contribution in [2.24, 2.45) is 0 Å². The molecule has 2 aromatic rings. The quantitative estimate of drug-likeness (QED) is 0.677. The molecule has 0 atom stereocenters. The third kappa shape index (κ3) is 5.39. The van der Waals surface area contributed by atoms with Crippen molar-refractivity contribution < 1.29 is 19.0 Å². The van der Waals surface area contributed by atoms with Gasteiger partial charge in [0.2, 0.25) is 0 Å². The summed E-state index contributed by atoms with van der Waals surface area (Å²) in [6, 6.07) is 11.1. The number of hydrogen-bond donors (Lipinski definition) is 1. The standard InChI is InChI=1S/C20H24BrNO4/c1-5-25-19-17(21)10-15(11-18(19)24-4)20(23)22-12-14-6-8-16(9-7-14)26-13(2)3/h6-11,13H,5,12H2,1-4H3,(H,22,23). The molecule has 6 heteroatoms. The van der Waals surface area contributed by atoms with Crippen LogP contribution in [0.15, 0.2) is 40.9 Å². The molecule has 0 aromatic heterocycles. The van der Waals surface area contributed by atoms with Crippen LogP contribution < -0.4 is 19.5 Å². The van der Waals surface area contributed by atoms with Gasteiger partial charge in [0.15, 0.2) is 11.5 Å². The fourth-order valence-electron chi connectivity index (χ4n) is 2.38. The summed E-state index contributed by atoms with van der Waals surface area (Å²) in [6.07, 6.45) is 0.133. The van der Waals surface area contributed by atoms with Gasteiger partial charge in [-0.15, -0.1) is 0 Å². The SMILES string of the molecule is CCOc1c(Br)cc(C(=O)NCc2ccc(OC(C)C)cc2)cc1OC. The van der Waals surface area contributed by atoms with Crippen molar-refractivity contribution in [2.45, 2.75) is 33.4 Å². The smallest absolute Gasteiger partial charge is 0.251 e. The molecule has 1 N–H and O–H groups in total. The van der Waals surface area contributed by atoms with Crippen molar-refractivity contribution in [1.82, 2.24) is 5.32 Å². The number of carbonyl (C=O) groups excluding carboxylic acids is 1. The van der Waals surface area contributed by atoms with Crippen LogP contribution in [0, 0.1) is 0 Å². The molecule has 0 saturated carbocycles. The normalized spacial score (nSPS) is 10.5. The zero-order valence-electron chi connectivity index (χ0n) is 15.5. The predicted molar refractivity (Wildman–Crippen MR) is 105 cm³/mol. The van der Waals surface area contributed by atoms with Crippen molar-refractivity contribution in [3.63, 3.8) is 0 Å². The molecule has 0 aliphatic carbocycles. The Balaban J connectivity index is 2.04.